The molecule has 0 aliphatic heterocycles. The van der Waals surface area contributed by atoms with Crippen LogP contribution >= 0.6 is 0 Å². The molecule has 6 nitrogen and oxygen atoms in total. The normalized spacial score (nSPS) is 11.6. The van der Waals surface area contributed by atoms with Crippen LogP contribution in [-0.2, 0) is 18.4 Å². The van der Waals surface area contributed by atoms with Crippen LogP contribution in [0.1, 0.15) is 61.8 Å². The number of pyridine rings is 1. The molecule has 1 N–H and O–H groups in total. The lowest BCUT2D eigenvalue weighted by atomic mass is 9.96. The Hall–Kier alpha value is -3.02. The predicted molar refractivity (Wildman–Crippen MR) is 108 cm³/mol. The Morgan fingerprint density at radius 1 is 1.14 bits per heavy atom. The molecule has 3 rings (SSSR count). The summed E-state index contributed by atoms with van der Waals surface area (Å²) in [5.41, 5.74) is 2.49. The van der Waals surface area contributed by atoms with E-state index >= 15 is 0 Å². The number of rotatable bonds is 6. The number of nitrogens with zero attached hydrogens (tertiary/aromatic N) is 4. The molecule has 0 saturated heterocycles. The number of carbonyl (C=O) groups is 1. The number of carboxylic acids is 1. The summed E-state index contributed by atoms with van der Waals surface area (Å²) in [6.45, 7) is 9.26. The van der Waals surface area contributed by atoms with Crippen LogP contribution in [0.4, 0.5) is 0 Å². The van der Waals surface area contributed by atoms with Gasteiger partial charge in [-0.3, -0.25) is 4.98 Å². The molecular weight excluding hydrogens is 352 g/mol. The Balaban J connectivity index is 1.88. The van der Waals surface area contributed by atoms with Crippen molar-refractivity contribution in [1.82, 2.24) is 19.7 Å². The van der Waals surface area contributed by atoms with Gasteiger partial charge in [0.25, 0.3) is 0 Å². The number of hydrogen-bond acceptors (Lipinski definition) is 4. The van der Waals surface area contributed by atoms with Crippen molar-refractivity contribution in [2.45, 2.75) is 52.5 Å². The largest absolute Gasteiger partial charge is 0.478 e. The van der Waals surface area contributed by atoms with Crippen molar-refractivity contribution in [3.8, 4) is 11.1 Å². The first-order valence-corrected chi connectivity index (χ1v) is 9.51. The predicted octanol–water partition coefficient (Wildman–Crippen LogP) is 4.34. The van der Waals surface area contributed by atoms with Gasteiger partial charge >= 0.3 is 5.97 Å². The van der Waals surface area contributed by atoms with Gasteiger partial charge in [-0.2, -0.15) is 5.10 Å². The minimum absolute atomic E-state index is 0.106. The van der Waals surface area contributed by atoms with E-state index in [0.29, 0.717) is 12.0 Å². The Bertz CT molecular complexity index is 969. The smallest absolute Gasteiger partial charge is 0.336 e. The van der Waals surface area contributed by atoms with Gasteiger partial charge in [0.1, 0.15) is 5.82 Å². The fraction of sp³-hybridized carbons (Fsp3) is 0.364. The third-order valence-electron chi connectivity index (χ3n) is 4.49. The van der Waals surface area contributed by atoms with Crippen molar-refractivity contribution in [2.24, 2.45) is 0 Å². The average Bonchev–Trinajstić information content (AvgIpc) is 3.06. The summed E-state index contributed by atoms with van der Waals surface area (Å²) < 4.78 is 1.97. The first-order chi connectivity index (χ1) is 13.3. The highest BCUT2D eigenvalue weighted by molar-refractivity contribution is 5.95. The first-order valence-electron chi connectivity index (χ1n) is 9.51. The maximum Gasteiger partial charge on any atom is 0.336 e. The Morgan fingerprint density at radius 3 is 2.50 bits per heavy atom. The van der Waals surface area contributed by atoms with Gasteiger partial charge in [0, 0.05) is 35.8 Å². The molecule has 28 heavy (non-hydrogen) atoms. The van der Waals surface area contributed by atoms with E-state index in [1.165, 1.54) is 0 Å². The van der Waals surface area contributed by atoms with Gasteiger partial charge in [-0.1, -0.05) is 52.0 Å². The number of aromatic carboxylic acids is 1. The molecule has 0 atom stereocenters. The van der Waals surface area contributed by atoms with Gasteiger partial charge in [0.15, 0.2) is 5.82 Å². The van der Waals surface area contributed by atoms with Crippen LogP contribution in [0.25, 0.3) is 11.1 Å². The van der Waals surface area contributed by atoms with Crippen molar-refractivity contribution in [2.75, 3.05) is 0 Å². The van der Waals surface area contributed by atoms with E-state index < -0.39 is 5.97 Å². The molecule has 3 aromatic rings. The summed E-state index contributed by atoms with van der Waals surface area (Å²) in [5.74, 6) is 0.794. The summed E-state index contributed by atoms with van der Waals surface area (Å²) in [7, 11) is 0. The fourth-order valence-corrected chi connectivity index (χ4v) is 2.99. The van der Waals surface area contributed by atoms with E-state index in [9.17, 15) is 9.90 Å². The van der Waals surface area contributed by atoms with Crippen LogP contribution in [0, 0.1) is 0 Å². The molecule has 0 spiro atoms. The Labute approximate surface area is 165 Å². The molecule has 2 aromatic heterocycles. The second kappa shape index (κ2) is 7.92. The molecule has 0 saturated carbocycles. The number of aryl methyl sites for hydroxylation is 1. The third-order valence-corrected chi connectivity index (χ3v) is 4.49. The molecule has 1 aromatic carbocycles. The summed E-state index contributed by atoms with van der Waals surface area (Å²) in [5, 5.41) is 14.1. The number of benzene rings is 1. The first kappa shape index (κ1) is 19.7. The van der Waals surface area contributed by atoms with Gasteiger partial charge in [-0.05, 0) is 24.1 Å². The van der Waals surface area contributed by atoms with Crippen molar-refractivity contribution in [1.29, 1.82) is 0 Å². The van der Waals surface area contributed by atoms with Gasteiger partial charge in [-0.15, -0.1) is 0 Å². The molecule has 0 aliphatic carbocycles. The van der Waals surface area contributed by atoms with Crippen molar-refractivity contribution >= 4 is 5.97 Å². The lowest BCUT2D eigenvalue weighted by Crippen LogP contribution is -2.14. The summed E-state index contributed by atoms with van der Waals surface area (Å²) in [6, 6.07) is 10.8. The third kappa shape index (κ3) is 4.27. The van der Waals surface area contributed by atoms with E-state index in [2.05, 4.69) is 37.8 Å². The van der Waals surface area contributed by atoms with Gasteiger partial charge < -0.3 is 5.11 Å². The molecule has 2 heterocycles. The summed E-state index contributed by atoms with van der Waals surface area (Å²) in [6.07, 6.45) is 3.30. The Kier molecular flexibility index (Phi) is 5.58. The van der Waals surface area contributed by atoms with E-state index in [1.807, 2.05) is 22.9 Å². The lowest BCUT2D eigenvalue weighted by molar-refractivity contribution is 0.0697. The van der Waals surface area contributed by atoms with Crippen molar-refractivity contribution in [3.63, 3.8) is 0 Å². The lowest BCUT2D eigenvalue weighted by Gasteiger charge is -2.12. The Morgan fingerprint density at radius 2 is 1.89 bits per heavy atom. The van der Waals surface area contributed by atoms with Crippen LogP contribution in [0.5, 0.6) is 0 Å². The highest BCUT2D eigenvalue weighted by atomic mass is 16.4. The van der Waals surface area contributed by atoms with Crippen molar-refractivity contribution in [3.05, 3.63) is 65.5 Å². The highest BCUT2D eigenvalue weighted by Gasteiger charge is 2.22. The van der Waals surface area contributed by atoms with Gasteiger partial charge in [0.2, 0.25) is 0 Å². The topological polar surface area (TPSA) is 80.9 Å². The van der Waals surface area contributed by atoms with Crippen LogP contribution in [0.2, 0.25) is 0 Å². The molecule has 0 radical (unpaired) electrons. The summed E-state index contributed by atoms with van der Waals surface area (Å²) >= 11 is 0. The maximum atomic E-state index is 11.4. The second-order valence-electron chi connectivity index (χ2n) is 7.89. The van der Waals surface area contributed by atoms with E-state index in [0.717, 1.165) is 35.9 Å². The molecule has 0 bridgehead atoms. The van der Waals surface area contributed by atoms with Crippen LogP contribution in [0.3, 0.4) is 0 Å². The fourth-order valence-electron chi connectivity index (χ4n) is 2.99. The van der Waals surface area contributed by atoms with E-state index in [1.54, 1.807) is 24.4 Å². The quantitative estimate of drug-likeness (QED) is 0.690. The standard InChI is InChI=1S/C22H26N4O2/c1-5-12-26-19(24-21(25-26)22(2,3)4)13-16-11-10-15(14-23-16)17-8-6-7-9-18(17)20(27)28/h6-11,14H,5,12-13H2,1-4H3,(H,27,28). The van der Waals surface area contributed by atoms with Crippen LogP contribution in [-0.4, -0.2) is 30.8 Å². The van der Waals surface area contributed by atoms with Crippen molar-refractivity contribution < 1.29 is 9.90 Å². The molecule has 0 aliphatic rings. The molecule has 0 fully saturated rings. The minimum Gasteiger partial charge on any atom is -0.478 e. The molecule has 146 valence electrons. The number of aromatic nitrogens is 4. The van der Waals surface area contributed by atoms with Gasteiger partial charge in [0.05, 0.1) is 5.56 Å². The zero-order valence-corrected chi connectivity index (χ0v) is 16.8. The monoisotopic (exact) mass is 378 g/mol. The molecular formula is C22H26N4O2. The number of carboxylic acid groups (broad SMARTS) is 1. The number of hydrogen-bond donors (Lipinski definition) is 1. The maximum absolute atomic E-state index is 11.4. The average molecular weight is 378 g/mol. The zero-order chi connectivity index (χ0) is 20.3. The second-order valence-corrected chi connectivity index (χ2v) is 7.89. The van der Waals surface area contributed by atoms with E-state index in [-0.39, 0.29) is 11.0 Å². The van der Waals surface area contributed by atoms with E-state index in [4.69, 9.17) is 4.98 Å². The molecule has 0 amide bonds. The van der Waals surface area contributed by atoms with Crippen LogP contribution < -0.4 is 0 Å². The molecule has 0 unspecified atom stereocenters. The minimum atomic E-state index is -0.943. The van der Waals surface area contributed by atoms with Crippen LogP contribution in [0.15, 0.2) is 42.6 Å². The highest BCUT2D eigenvalue weighted by Crippen LogP contribution is 2.24. The molecule has 6 heteroatoms. The SMILES string of the molecule is CCCn1nc(C(C)(C)C)nc1Cc1ccc(-c2ccccc2C(=O)O)cn1. The zero-order valence-electron chi connectivity index (χ0n) is 16.8. The summed E-state index contributed by atoms with van der Waals surface area (Å²) in [4.78, 5) is 20.7. The van der Waals surface area contributed by atoms with Gasteiger partial charge in [-0.25, -0.2) is 14.5 Å².